The van der Waals surface area contributed by atoms with E-state index in [1.54, 1.807) is 0 Å². The number of methoxy groups -OCH3 is 1. The van der Waals surface area contributed by atoms with Crippen LogP contribution in [0.15, 0.2) is 48.5 Å². The van der Waals surface area contributed by atoms with Gasteiger partial charge >= 0.3 is 5.97 Å². The van der Waals surface area contributed by atoms with Gasteiger partial charge in [0.1, 0.15) is 5.41 Å². The SMILES string of the molecule is CCOCC1(C(=O)OC)c2ccccc2-c2ccccc21. The van der Waals surface area contributed by atoms with Gasteiger partial charge in [0.05, 0.1) is 13.7 Å². The van der Waals surface area contributed by atoms with Gasteiger partial charge in [0, 0.05) is 6.61 Å². The van der Waals surface area contributed by atoms with Gasteiger partial charge in [-0.25, -0.2) is 0 Å². The minimum absolute atomic E-state index is 0.270. The summed E-state index contributed by atoms with van der Waals surface area (Å²) in [4.78, 5) is 12.7. The molecule has 0 spiro atoms. The summed E-state index contributed by atoms with van der Waals surface area (Å²) in [7, 11) is 1.43. The van der Waals surface area contributed by atoms with E-state index in [0.717, 1.165) is 22.3 Å². The minimum Gasteiger partial charge on any atom is -0.468 e. The molecular weight excluding hydrogens is 264 g/mol. The van der Waals surface area contributed by atoms with Crippen molar-refractivity contribution in [2.24, 2.45) is 0 Å². The van der Waals surface area contributed by atoms with Crippen LogP contribution < -0.4 is 0 Å². The molecule has 0 bridgehead atoms. The molecule has 2 aromatic rings. The summed E-state index contributed by atoms with van der Waals surface area (Å²) in [5.74, 6) is -0.270. The van der Waals surface area contributed by atoms with Crippen molar-refractivity contribution in [3.05, 3.63) is 59.7 Å². The fourth-order valence-corrected chi connectivity index (χ4v) is 3.19. The zero-order valence-corrected chi connectivity index (χ0v) is 12.3. The van der Waals surface area contributed by atoms with Gasteiger partial charge < -0.3 is 9.47 Å². The Morgan fingerprint density at radius 3 is 2.00 bits per heavy atom. The van der Waals surface area contributed by atoms with Crippen LogP contribution in [0.2, 0.25) is 0 Å². The Morgan fingerprint density at radius 2 is 1.52 bits per heavy atom. The highest BCUT2D eigenvalue weighted by Crippen LogP contribution is 2.49. The Balaban J connectivity index is 2.29. The second-order valence-electron chi connectivity index (χ2n) is 5.13. The third-order valence-corrected chi connectivity index (χ3v) is 4.12. The van der Waals surface area contributed by atoms with Crippen LogP contribution in [0.1, 0.15) is 18.1 Å². The molecule has 0 N–H and O–H groups in total. The molecule has 1 aliphatic rings. The molecule has 3 nitrogen and oxygen atoms in total. The van der Waals surface area contributed by atoms with Crippen molar-refractivity contribution >= 4 is 5.97 Å². The number of hydrogen-bond donors (Lipinski definition) is 0. The Bertz CT molecular complexity index is 630. The molecule has 0 heterocycles. The molecule has 21 heavy (non-hydrogen) atoms. The third-order valence-electron chi connectivity index (χ3n) is 4.12. The van der Waals surface area contributed by atoms with Crippen molar-refractivity contribution in [2.75, 3.05) is 20.3 Å². The highest BCUT2D eigenvalue weighted by Gasteiger charge is 2.50. The molecule has 3 rings (SSSR count). The maximum absolute atomic E-state index is 12.7. The largest absolute Gasteiger partial charge is 0.468 e. The number of rotatable bonds is 4. The maximum Gasteiger partial charge on any atom is 0.323 e. The first-order valence-corrected chi connectivity index (χ1v) is 7.11. The number of benzene rings is 2. The van der Waals surface area contributed by atoms with Gasteiger partial charge in [-0.15, -0.1) is 0 Å². The maximum atomic E-state index is 12.7. The Hall–Kier alpha value is -2.13. The molecule has 0 amide bonds. The van der Waals surface area contributed by atoms with Crippen molar-refractivity contribution in [2.45, 2.75) is 12.3 Å². The summed E-state index contributed by atoms with van der Waals surface area (Å²) in [6, 6.07) is 16.0. The molecule has 0 saturated heterocycles. The predicted octanol–water partition coefficient (Wildman–Crippen LogP) is 3.16. The molecule has 0 unspecified atom stereocenters. The summed E-state index contributed by atoms with van der Waals surface area (Å²) < 4.78 is 10.8. The average Bonchev–Trinajstić information content (AvgIpc) is 2.84. The topological polar surface area (TPSA) is 35.5 Å². The van der Waals surface area contributed by atoms with E-state index < -0.39 is 5.41 Å². The summed E-state index contributed by atoms with van der Waals surface area (Å²) in [6.45, 7) is 2.78. The Labute approximate surface area is 124 Å². The first-order valence-electron chi connectivity index (χ1n) is 7.11. The van der Waals surface area contributed by atoms with Crippen molar-refractivity contribution in [3.8, 4) is 11.1 Å². The van der Waals surface area contributed by atoms with Crippen LogP contribution in [-0.4, -0.2) is 26.3 Å². The summed E-state index contributed by atoms with van der Waals surface area (Å²) in [5.41, 5.74) is 3.23. The lowest BCUT2D eigenvalue weighted by Crippen LogP contribution is -2.41. The van der Waals surface area contributed by atoms with Crippen molar-refractivity contribution in [1.29, 1.82) is 0 Å². The van der Waals surface area contributed by atoms with Gasteiger partial charge in [-0.05, 0) is 29.2 Å². The fraction of sp³-hybridized carbons (Fsp3) is 0.278. The van der Waals surface area contributed by atoms with E-state index in [4.69, 9.17) is 9.47 Å². The number of fused-ring (bicyclic) bond motifs is 3. The van der Waals surface area contributed by atoms with Gasteiger partial charge in [0.25, 0.3) is 0 Å². The number of ether oxygens (including phenoxy) is 2. The standard InChI is InChI=1S/C18H18O3/c1-3-21-12-18(17(19)20-2)15-10-6-4-8-13(15)14-9-5-7-11-16(14)18/h4-11H,3,12H2,1-2H3. The first kappa shape index (κ1) is 13.8. The smallest absolute Gasteiger partial charge is 0.323 e. The molecule has 108 valence electrons. The second-order valence-corrected chi connectivity index (χ2v) is 5.13. The highest BCUT2D eigenvalue weighted by atomic mass is 16.5. The van der Waals surface area contributed by atoms with Crippen LogP contribution in [0.3, 0.4) is 0 Å². The lowest BCUT2D eigenvalue weighted by atomic mass is 9.79. The quantitative estimate of drug-likeness (QED) is 0.808. The van der Waals surface area contributed by atoms with E-state index in [0.29, 0.717) is 13.2 Å². The van der Waals surface area contributed by atoms with E-state index in [1.165, 1.54) is 7.11 Å². The van der Waals surface area contributed by atoms with Crippen LogP contribution in [0.5, 0.6) is 0 Å². The van der Waals surface area contributed by atoms with Crippen molar-refractivity contribution < 1.29 is 14.3 Å². The van der Waals surface area contributed by atoms with Crippen LogP contribution in [-0.2, 0) is 19.7 Å². The summed E-state index contributed by atoms with van der Waals surface area (Å²) >= 11 is 0. The summed E-state index contributed by atoms with van der Waals surface area (Å²) in [6.07, 6.45) is 0. The number of carbonyl (C=O) groups excluding carboxylic acids is 1. The zero-order chi connectivity index (χ0) is 14.9. The molecular formula is C18H18O3. The fourth-order valence-electron chi connectivity index (χ4n) is 3.19. The first-order chi connectivity index (χ1) is 10.3. The van der Waals surface area contributed by atoms with Crippen LogP contribution in [0.25, 0.3) is 11.1 Å². The Kier molecular flexibility index (Phi) is 3.52. The van der Waals surface area contributed by atoms with E-state index in [-0.39, 0.29) is 5.97 Å². The van der Waals surface area contributed by atoms with Gasteiger partial charge in [-0.1, -0.05) is 48.5 Å². The molecule has 3 heteroatoms. The summed E-state index contributed by atoms with van der Waals surface area (Å²) in [5, 5.41) is 0. The lowest BCUT2D eigenvalue weighted by molar-refractivity contribution is -0.148. The number of esters is 1. The Morgan fingerprint density at radius 1 is 1.00 bits per heavy atom. The molecule has 2 aromatic carbocycles. The van der Waals surface area contributed by atoms with E-state index in [2.05, 4.69) is 0 Å². The predicted molar refractivity (Wildman–Crippen MR) is 81.2 cm³/mol. The molecule has 0 radical (unpaired) electrons. The van der Waals surface area contributed by atoms with Crippen LogP contribution >= 0.6 is 0 Å². The molecule has 0 aliphatic heterocycles. The lowest BCUT2D eigenvalue weighted by Gasteiger charge is -2.28. The molecule has 0 saturated carbocycles. The normalized spacial score (nSPS) is 14.4. The molecule has 0 atom stereocenters. The van der Waals surface area contributed by atoms with Gasteiger partial charge in [-0.3, -0.25) is 4.79 Å². The van der Waals surface area contributed by atoms with Crippen LogP contribution in [0, 0.1) is 0 Å². The van der Waals surface area contributed by atoms with Gasteiger partial charge in [0.15, 0.2) is 0 Å². The van der Waals surface area contributed by atoms with E-state index >= 15 is 0 Å². The van der Waals surface area contributed by atoms with Gasteiger partial charge in [-0.2, -0.15) is 0 Å². The minimum atomic E-state index is -0.863. The van der Waals surface area contributed by atoms with E-state index in [1.807, 2.05) is 55.5 Å². The van der Waals surface area contributed by atoms with Crippen molar-refractivity contribution in [1.82, 2.24) is 0 Å². The second kappa shape index (κ2) is 5.34. The van der Waals surface area contributed by atoms with E-state index in [9.17, 15) is 4.79 Å². The van der Waals surface area contributed by atoms with Gasteiger partial charge in [0.2, 0.25) is 0 Å². The zero-order valence-electron chi connectivity index (χ0n) is 12.3. The number of hydrogen-bond acceptors (Lipinski definition) is 3. The molecule has 0 aromatic heterocycles. The highest BCUT2D eigenvalue weighted by molar-refractivity contribution is 5.98. The van der Waals surface area contributed by atoms with Crippen molar-refractivity contribution in [3.63, 3.8) is 0 Å². The number of carbonyl (C=O) groups is 1. The monoisotopic (exact) mass is 282 g/mol. The third kappa shape index (κ3) is 1.88. The molecule has 0 fully saturated rings. The molecule has 1 aliphatic carbocycles. The van der Waals surface area contributed by atoms with Crippen LogP contribution in [0.4, 0.5) is 0 Å². The average molecular weight is 282 g/mol.